The fraction of sp³-hybridized carbons (Fsp3) is 0.650. The lowest BCUT2D eigenvalue weighted by Crippen LogP contribution is -2.45. The minimum atomic E-state index is -0.463. The van der Waals surface area contributed by atoms with Crippen LogP contribution in [0.25, 0.3) is 0 Å². The second-order valence-corrected chi connectivity index (χ2v) is 7.61. The molecule has 0 aromatic heterocycles. The molecule has 2 heterocycles. The van der Waals surface area contributed by atoms with Crippen molar-refractivity contribution in [1.29, 1.82) is 0 Å². The molecule has 1 aromatic carbocycles. The number of benzene rings is 1. The van der Waals surface area contributed by atoms with E-state index in [9.17, 15) is 13.6 Å². The normalized spacial score (nSPS) is 23.0. The van der Waals surface area contributed by atoms with Crippen LogP contribution in [0.5, 0.6) is 0 Å². The average Bonchev–Trinajstić information content (AvgIpc) is 2.62. The van der Waals surface area contributed by atoms with Crippen LogP contribution in [0.2, 0.25) is 0 Å². The summed E-state index contributed by atoms with van der Waals surface area (Å²) in [6.45, 7) is 3.54. The Hall–Kier alpha value is -1.49. The van der Waals surface area contributed by atoms with Crippen LogP contribution in [0.4, 0.5) is 8.78 Å². The molecule has 0 saturated carbocycles. The van der Waals surface area contributed by atoms with Crippen molar-refractivity contribution in [3.05, 3.63) is 35.4 Å². The molecule has 0 aliphatic carbocycles. The Kier molecular flexibility index (Phi) is 6.05. The summed E-state index contributed by atoms with van der Waals surface area (Å²) < 4.78 is 27.6. The van der Waals surface area contributed by atoms with Crippen LogP contribution in [0.3, 0.4) is 0 Å². The smallest absolute Gasteiger partial charge is 0.225 e. The number of hydrogen-bond acceptors (Lipinski definition) is 2. The molecule has 0 unspecified atom stereocenters. The van der Waals surface area contributed by atoms with Crippen LogP contribution >= 0.6 is 0 Å². The Morgan fingerprint density at radius 1 is 1.12 bits per heavy atom. The Labute approximate surface area is 149 Å². The molecule has 0 bridgehead atoms. The number of hydrogen-bond donors (Lipinski definition) is 0. The van der Waals surface area contributed by atoms with Gasteiger partial charge >= 0.3 is 0 Å². The number of piperidine rings is 2. The van der Waals surface area contributed by atoms with E-state index in [4.69, 9.17) is 0 Å². The molecule has 138 valence electrons. The van der Waals surface area contributed by atoms with Crippen LogP contribution in [0.15, 0.2) is 18.2 Å². The number of likely N-dealkylation sites (tertiary alicyclic amines) is 2. The summed E-state index contributed by atoms with van der Waals surface area (Å²) in [5, 5.41) is 0. The zero-order valence-electron chi connectivity index (χ0n) is 15.0. The van der Waals surface area contributed by atoms with Crippen LogP contribution in [0, 0.1) is 23.5 Å². The number of rotatable bonds is 4. The molecular formula is C20H28F2N2O. The largest absolute Gasteiger partial charge is 0.342 e. The number of carbonyl (C=O) groups excluding carboxylic acids is 1. The minimum Gasteiger partial charge on any atom is -0.342 e. The predicted octanol–water partition coefficient (Wildman–Crippen LogP) is 3.48. The van der Waals surface area contributed by atoms with Crippen molar-refractivity contribution in [1.82, 2.24) is 9.80 Å². The lowest BCUT2D eigenvalue weighted by molar-refractivity contribution is -0.138. The molecule has 5 heteroatoms. The molecule has 1 atom stereocenters. The van der Waals surface area contributed by atoms with Gasteiger partial charge in [0, 0.05) is 24.6 Å². The van der Waals surface area contributed by atoms with Crippen molar-refractivity contribution in [3.63, 3.8) is 0 Å². The van der Waals surface area contributed by atoms with E-state index in [2.05, 4.69) is 11.9 Å². The maximum absolute atomic E-state index is 13.8. The third-order valence-corrected chi connectivity index (χ3v) is 5.76. The molecule has 2 aliphatic heterocycles. The standard InChI is InChI=1S/C20H28F2N2O/c1-23-12-9-16(10-13-23)20(25)24-11-3-4-15(14-24)7-8-17-18(21)5-2-6-19(17)22/h2,5-6,15-16H,3-4,7-14H2,1H3/t15-/m1/s1. The van der Waals surface area contributed by atoms with Crippen molar-refractivity contribution in [2.24, 2.45) is 11.8 Å². The highest BCUT2D eigenvalue weighted by molar-refractivity contribution is 5.79. The second kappa shape index (κ2) is 8.26. The first-order valence-corrected chi connectivity index (χ1v) is 9.45. The van der Waals surface area contributed by atoms with Gasteiger partial charge < -0.3 is 9.80 Å². The molecule has 0 spiro atoms. The van der Waals surface area contributed by atoms with Crippen molar-refractivity contribution < 1.29 is 13.6 Å². The summed E-state index contributed by atoms with van der Waals surface area (Å²) in [5.41, 5.74) is 0.182. The van der Waals surface area contributed by atoms with E-state index < -0.39 is 11.6 Å². The summed E-state index contributed by atoms with van der Waals surface area (Å²) in [6.07, 6.45) is 5.04. The Bertz CT molecular complexity index is 579. The van der Waals surface area contributed by atoms with Gasteiger partial charge in [0.05, 0.1) is 0 Å². The van der Waals surface area contributed by atoms with Gasteiger partial charge in [0.1, 0.15) is 11.6 Å². The molecule has 0 radical (unpaired) electrons. The van der Waals surface area contributed by atoms with Crippen molar-refractivity contribution >= 4 is 5.91 Å². The maximum Gasteiger partial charge on any atom is 0.225 e. The number of nitrogens with zero attached hydrogens (tertiary/aromatic N) is 2. The quantitative estimate of drug-likeness (QED) is 0.830. The molecular weight excluding hydrogens is 322 g/mol. The minimum absolute atomic E-state index is 0.152. The summed E-state index contributed by atoms with van der Waals surface area (Å²) in [5.74, 6) is -0.151. The first-order valence-electron chi connectivity index (χ1n) is 9.45. The molecule has 0 N–H and O–H groups in total. The Morgan fingerprint density at radius 3 is 2.48 bits per heavy atom. The number of amides is 1. The molecule has 1 amide bonds. The molecule has 3 rings (SSSR count). The van der Waals surface area contributed by atoms with Crippen LogP contribution in [-0.2, 0) is 11.2 Å². The first-order chi connectivity index (χ1) is 12.0. The maximum atomic E-state index is 13.8. The zero-order chi connectivity index (χ0) is 17.8. The van der Waals surface area contributed by atoms with E-state index >= 15 is 0 Å². The van der Waals surface area contributed by atoms with E-state index in [1.807, 2.05) is 4.90 Å². The van der Waals surface area contributed by atoms with Gasteiger partial charge in [-0.3, -0.25) is 4.79 Å². The Balaban J connectivity index is 1.53. The summed E-state index contributed by atoms with van der Waals surface area (Å²) in [6, 6.07) is 4.03. The van der Waals surface area contributed by atoms with E-state index in [1.54, 1.807) is 0 Å². The zero-order valence-corrected chi connectivity index (χ0v) is 15.0. The van der Waals surface area contributed by atoms with Crippen LogP contribution < -0.4 is 0 Å². The van der Waals surface area contributed by atoms with Crippen molar-refractivity contribution in [2.75, 3.05) is 33.2 Å². The van der Waals surface area contributed by atoms with Crippen LogP contribution in [0.1, 0.15) is 37.7 Å². The highest BCUT2D eigenvalue weighted by Crippen LogP contribution is 2.26. The Morgan fingerprint density at radius 2 is 1.80 bits per heavy atom. The fourth-order valence-electron chi connectivity index (χ4n) is 4.13. The van der Waals surface area contributed by atoms with Gasteiger partial charge in [-0.2, -0.15) is 0 Å². The van der Waals surface area contributed by atoms with E-state index in [0.717, 1.165) is 58.3 Å². The number of halogens is 2. The van der Waals surface area contributed by atoms with Gasteiger partial charge in [0.15, 0.2) is 0 Å². The van der Waals surface area contributed by atoms with E-state index in [-0.39, 0.29) is 17.4 Å². The number of carbonyl (C=O) groups is 1. The average molecular weight is 350 g/mol. The summed E-state index contributed by atoms with van der Waals surface area (Å²) in [4.78, 5) is 17.0. The van der Waals surface area contributed by atoms with Gasteiger partial charge in [0.25, 0.3) is 0 Å². The molecule has 2 fully saturated rings. The summed E-state index contributed by atoms with van der Waals surface area (Å²) >= 11 is 0. The van der Waals surface area contributed by atoms with E-state index in [1.165, 1.54) is 18.2 Å². The molecule has 3 nitrogen and oxygen atoms in total. The van der Waals surface area contributed by atoms with Gasteiger partial charge in [-0.05, 0) is 76.7 Å². The first kappa shape index (κ1) is 18.3. The third-order valence-electron chi connectivity index (χ3n) is 5.76. The highest BCUT2D eigenvalue weighted by Gasteiger charge is 2.30. The topological polar surface area (TPSA) is 23.6 Å². The molecule has 25 heavy (non-hydrogen) atoms. The van der Waals surface area contributed by atoms with Crippen molar-refractivity contribution in [3.8, 4) is 0 Å². The SMILES string of the molecule is CN1CCC(C(=O)N2CCC[C@H](CCc3c(F)cccc3F)C2)CC1. The molecule has 2 saturated heterocycles. The second-order valence-electron chi connectivity index (χ2n) is 7.61. The van der Waals surface area contributed by atoms with Gasteiger partial charge in [-0.25, -0.2) is 8.78 Å². The monoisotopic (exact) mass is 350 g/mol. The predicted molar refractivity (Wildman–Crippen MR) is 94.2 cm³/mol. The van der Waals surface area contributed by atoms with Crippen molar-refractivity contribution in [2.45, 2.75) is 38.5 Å². The summed E-state index contributed by atoms with van der Waals surface area (Å²) in [7, 11) is 2.10. The van der Waals surface area contributed by atoms with Crippen LogP contribution in [-0.4, -0.2) is 48.9 Å². The highest BCUT2D eigenvalue weighted by atomic mass is 19.1. The van der Waals surface area contributed by atoms with Gasteiger partial charge in [0.2, 0.25) is 5.91 Å². The van der Waals surface area contributed by atoms with E-state index in [0.29, 0.717) is 12.3 Å². The lowest BCUT2D eigenvalue weighted by Gasteiger charge is -2.37. The lowest BCUT2D eigenvalue weighted by atomic mass is 9.89. The molecule has 1 aromatic rings. The molecule has 2 aliphatic rings. The van der Waals surface area contributed by atoms with Gasteiger partial charge in [-0.15, -0.1) is 0 Å². The fourth-order valence-corrected chi connectivity index (χ4v) is 4.13. The third kappa shape index (κ3) is 4.57. The van der Waals surface area contributed by atoms with Gasteiger partial charge in [-0.1, -0.05) is 6.07 Å².